The highest BCUT2D eigenvalue weighted by Gasteiger charge is 2.43. The second kappa shape index (κ2) is 4.57. The molecule has 0 radical (unpaired) electrons. The van der Waals surface area contributed by atoms with Crippen molar-refractivity contribution in [3.63, 3.8) is 0 Å². The number of hydrogen-bond acceptors (Lipinski definition) is 4. The summed E-state index contributed by atoms with van der Waals surface area (Å²) in [6.07, 6.45) is 4.69. The smallest absolute Gasteiger partial charge is 0.168 e. The summed E-state index contributed by atoms with van der Waals surface area (Å²) in [6.45, 7) is 2.28. The predicted molar refractivity (Wildman–Crippen MR) is 52.0 cm³/mol. The fraction of sp³-hybridized carbons (Fsp3) is 1.00. The molecular formula is C10H19NO3. The lowest BCUT2D eigenvalue weighted by Crippen LogP contribution is -2.33. The third-order valence-electron chi connectivity index (χ3n) is 2.94. The van der Waals surface area contributed by atoms with E-state index in [0.29, 0.717) is 13.2 Å². The van der Waals surface area contributed by atoms with Crippen LogP contribution in [0.3, 0.4) is 0 Å². The highest BCUT2D eigenvalue weighted by atomic mass is 16.7. The van der Waals surface area contributed by atoms with Crippen LogP contribution in [-0.4, -0.2) is 43.3 Å². The zero-order valence-corrected chi connectivity index (χ0v) is 8.50. The molecule has 4 nitrogen and oxygen atoms in total. The van der Waals surface area contributed by atoms with E-state index in [4.69, 9.17) is 14.6 Å². The molecule has 1 saturated heterocycles. The van der Waals surface area contributed by atoms with Gasteiger partial charge in [-0.2, -0.15) is 0 Å². The highest BCUT2D eigenvalue weighted by Crippen LogP contribution is 2.38. The summed E-state index contributed by atoms with van der Waals surface area (Å²) in [7, 11) is 0. The van der Waals surface area contributed by atoms with Crippen LogP contribution in [0, 0.1) is 0 Å². The van der Waals surface area contributed by atoms with Crippen LogP contribution in [0.5, 0.6) is 0 Å². The van der Waals surface area contributed by atoms with E-state index in [9.17, 15) is 0 Å². The molecule has 1 aliphatic carbocycles. The molecule has 0 bridgehead atoms. The Labute approximate surface area is 84.6 Å². The molecule has 1 atom stereocenters. The monoisotopic (exact) mass is 201 g/mol. The molecule has 0 aromatic carbocycles. The first-order valence-electron chi connectivity index (χ1n) is 5.48. The molecule has 0 amide bonds. The fourth-order valence-electron chi connectivity index (χ4n) is 2.24. The van der Waals surface area contributed by atoms with Gasteiger partial charge in [-0.3, -0.25) is 0 Å². The standard InChI is InChI=1S/C10H19NO3/c12-6-5-11-7-9-8-13-10(14-9)3-1-2-4-10/h9,11-12H,1-8H2/t9-/m0/s1. The third-order valence-corrected chi connectivity index (χ3v) is 2.94. The third kappa shape index (κ3) is 2.25. The van der Waals surface area contributed by atoms with Gasteiger partial charge in [0.1, 0.15) is 0 Å². The van der Waals surface area contributed by atoms with Crippen molar-refractivity contribution in [3.8, 4) is 0 Å². The van der Waals surface area contributed by atoms with Gasteiger partial charge in [-0.1, -0.05) is 0 Å². The van der Waals surface area contributed by atoms with E-state index in [1.807, 2.05) is 0 Å². The summed E-state index contributed by atoms with van der Waals surface area (Å²) in [6, 6.07) is 0. The van der Waals surface area contributed by atoms with E-state index in [2.05, 4.69) is 5.32 Å². The molecule has 2 N–H and O–H groups in total. The van der Waals surface area contributed by atoms with Crippen molar-refractivity contribution in [2.24, 2.45) is 0 Å². The normalized spacial score (nSPS) is 30.2. The lowest BCUT2D eigenvalue weighted by atomic mass is 10.2. The summed E-state index contributed by atoms with van der Waals surface area (Å²) in [4.78, 5) is 0. The molecule has 0 aromatic rings. The number of ether oxygens (including phenoxy) is 2. The summed E-state index contributed by atoms with van der Waals surface area (Å²) in [5.41, 5.74) is 0. The Hall–Kier alpha value is -0.160. The van der Waals surface area contributed by atoms with Crippen molar-refractivity contribution in [1.29, 1.82) is 0 Å². The van der Waals surface area contributed by atoms with Crippen molar-refractivity contribution in [2.75, 3.05) is 26.3 Å². The van der Waals surface area contributed by atoms with E-state index in [-0.39, 0.29) is 18.5 Å². The number of nitrogens with one attached hydrogen (secondary N) is 1. The van der Waals surface area contributed by atoms with Crippen molar-refractivity contribution in [1.82, 2.24) is 5.32 Å². The average molecular weight is 201 g/mol. The van der Waals surface area contributed by atoms with E-state index in [0.717, 1.165) is 19.4 Å². The van der Waals surface area contributed by atoms with Crippen molar-refractivity contribution < 1.29 is 14.6 Å². The lowest BCUT2D eigenvalue weighted by molar-refractivity contribution is -0.161. The second-order valence-electron chi connectivity index (χ2n) is 4.10. The van der Waals surface area contributed by atoms with Gasteiger partial charge in [-0.15, -0.1) is 0 Å². The minimum absolute atomic E-state index is 0.166. The molecule has 4 heteroatoms. The Kier molecular flexibility index (Phi) is 3.38. The average Bonchev–Trinajstić information content (AvgIpc) is 2.79. The zero-order chi connectivity index (χ0) is 9.86. The largest absolute Gasteiger partial charge is 0.395 e. The molecule has 82 valence electrons. The fourth-order valence-corrected chi connectivity index (χ4v) is 2.24. The van der Waals surface area contributed by atoms with E-state index < -0.39 is 0 Å². The SMILES string of the molecule is OCCNC[C@H]1COC2(CCCC2)O1. The van der Waals surface area contributed by atoms with Crippen LogP contribution in [0.4, 0.5) is 0 Å². The van der Waals surface area contributed by atoms with Crippen LogP contribution in [0.2, 0.25) is 0 Å². The van der Waals surface area contributed by atoms with Gasteiger partial charge in [-0.25, -0.2) is 0 Å². The van der Waals surface area contributed by atoms with E-state index in [1.54, 1.807) is 0 Å². The highest BCUT2D eigenvalue weighted by molar-refractivity contribution is 4.84. The lowest BCUT2D eigenvalue weighted by Gasteiger charge is -2.21. The van der Waals surface area contributed by atoms with Crippen LogP contribution in [0.25, 0.3) is 0 Å². The summed E-state index contributed by atoms with van der Waals surface area (Å²) < 4.78 is 11.6. The van der Waals surface area contributed by atoms with Gasteiger partial charge < -0.3 is 19.9 Å². The molecule has 1 aliphatic heterocycles. The van der Waals surface area contributed by atoms with Crippen molar-refractivity contribution >= 4 is 0 Å². The molecule has 1 saturated carbocycles. The molecule has 2 aliphatic rings. The quantitative estimate of drug-likeness (QED) is 0.640. The van der Waals surface area contributed by atoms with Gasteiger partial charge in [0.25, 0.3) is 0 Å². The van der Waals surface area contributed by atoms with Gasteiger partial charge in [0.2, 0.25) is 0 Å². The summed E-state index contributed by atoms with van der Waals surface area (Å²) in [5.74, 6) is -0.244. The minimum Gasteiger partial charge on any atom is -0.395 e. The molecule has 0 aromatic heterocycles. The molecule has 2 fully saturated rings. The first-order valence-corrected chi connectivity index (χ1v) is 5.48. The van der Waals surface area contributed by atoms with Crippen LogP contribution in [0.15, 0.2) is 0 Å². The van der Waals surface area contributed by atoms with Crippen LogP contribution < -0.4 is 5.32 Å². The molecule has 1 heterocycles. The first kappa shape index (κ1) is 10.4. The molecule has 14 heavy (non-hydrogen) atoms. The molecular weight excluding hydrogens is 182 g/mol. The second-order valence-corrected chi connectivity index (χ2v) is 4.10. The van der Waals surface area contributed by atoms with Gasteiger partial charge in [0.05, 0.1) is 19.3 Å². The number of hydrogen-bond donors (Lipinski definition) is 2. The minimum atomic E-state index is -0.244. The van der Waals surface area contributed by atoms with E-state index in [1.165, 1.54) is 12.8 Å². The van der Waals surface area contributed by atoms with Gasteiger partial charge in [0.15, 0.2) is 5.79 Å². The zero-order valence-electron chi connectivity index (χ0n) is 8.50. The first-order chi connectivity index (χ1) is 6.85. The van der Waals surface area contributed by atoms with Crippen molar-refractivity contribution in [2.45, 2.75) is 37.6 Å². The summed E-state index contributed by atoms with van der Waals surface area (Å²) >= 11 is 0. The maximum Gasteiger partial charge on any atom is 0.168 e. The van der Waals surface area contributed by atoms with Gasteiger partial charge >= 0.3 is 0 Å². The van der Waals surface area contributed by atoms with Crippen LogP contribution in [-0.2, 0) is 9.47 Å². The number of aliphatic hydroxyl groups is 1. The van der Waals surface area contributed by atoms with E-state index >= 15 is 0 Å². The molecule has 2 rings (SSSR count). The van der Waals surface area contributed by atoms with Gasteiger partial charge in [0, 0.05) is 25.9 Å². The van der Waals surface area contributed by atoms with Crippen LogP contribution >= 0.6 is 0 Å². The Balaban J connectivity index is 1.71. The van der Waals surface area contributed by atoms with Crippen LogP contribution in [0.1, 0.15) is 25.7 Å². The van der Waals surface area contributed by atoms with Crippen molar-refractivity contribution in [3.05, 3.63) is 0 Å². The number of rotatable bonds is 4. The Morgan fingerprint density at radius 3 is 2.86 bits per heavy atom. The molecule has 0 unspecified atom stereocenters. The Morgan fingerprint density at radius 1 is 1.36 bits per heavy atom. The molecule has 1 spiro atoms. The maximum atomic E-state index is 8.61. The topological polar surface area (TPSA) is 50.7 Å². The summed E-state index contributed by atoms with van der Waals surface area (Å²) in [5, 5.41) is 11.7. The van der Waals surface area contributed by atoms with Gasteiger partial charge in [-0.05, 0) is 12.8 Å². The predicted octanol–water partition coefficient (Wildman–Crippen LogP) is 0.254. The Bertz CT molecular complexity index is 180. The Morgan fingerprint density at radius 2 is 2.14 bits per heavy atom. The number of aliphatic hydroxyl groups excluding tert-OH is 1. The maximum absolute atomic E-state index is 8.61.